The molecule has 1 aromatic carbocycles. The predicted octanol–water partition coefficient (Wildman–Crippen LogP) is 3.13. The van der Waals surface area contributed by atoms with Gasteiger partial charge >= 0.3 is 0 Å². The molecular formula is C10H8BrFN2O. The Bertz CT molecular complexity index is 510. The highest BCUT2D eigenvalue weighted by Crippen LogP contribution is 2.32. The zero-order valence-corrected chi connectivity index (χ0v) is 9.51. The Kier molecular flexibility index (Phi) is 2.48. The van der Waals surface area contributed by atoms with Gasteiger partial charge in [0, 0.05) is 4.47 Å². The van der Waals surface area contributed by atoms with Crippen LogP contribution < -0.4 is 5.73 Å². The maximum Gasteiger partial charge on any atom is 0.229 e. The fourth-order valence-corrected chi connectivity index (χ4v) is 1.81. The summed E-state index contributed by atoms with van der Waals surface area (Å²) in [6, 6.07) is 2.81. The molecule has 0 unspecified atom stereocenters. The monoisotopic (exact) mass is 270 g/mol. The van der Waals surface area contributed by atoms with E-state index in [-0.39, 0.29) is 11.7 Å². The number of nitrogens with two attached hydrogens (primary N) is 1. The van der Waals surface area contributed by atoms with E-state index < -0.39 is 0 Å². The SMILES string of the molecule is Cc1c(Br)cc(F)cc1-c1cnoc1N. The Labute approximate surface area is 94.2 Å². The van der Waals surface area contributed by atoms with Gasteiger partial charge in [0.05, 0.1) is 11.8 Å². The molecule has 0 spiro atoms. The molecule has 2 rings (SSSR count). The van der Waals surface area contributed by atoms with Crippen molar-refractivity contribution in [2.24, 2.45) is 0 Å². The molecule has 0 saturated heterocycles. The van der Waals surface area contributed by atoms with E-state index in [0.717, 1.165) is 5.56 Å². The first-order chi connectivity index (χ1) is 7.09. The van der Waals surface area contributed by atoms with E-state index in [2.05, 4.69) is 21.1 Å². The van der Waals surface area contributed by atoms with Crippen molar-refractivity contribution in [3.63, 3.8) is 0 Å². The number of nitrogens with zero attached hydrogens (tertiary/aromatic N) is 1. The summed E-state index contributed by atoms with van der Waals surface area (Å²) >= 11 is 3.28. The highest BCUT2D eigenvalue weighted by atomic mass is 79.9. The van der Waals surface area contributed by atoms with E-state index in [1.807, 2.05) is 6.92 Å². The lowest BCUT2D eigenvalue weighted by molar-refractivity contribution is 0.436. The smallest absolute Gasteiger partial charge is 0.229 e. The molecule has 0 radical (unpaired) electrons. The lowest BCUT2D eigenvalue weighted by Gasteiger charge is -2.06. The van der Waals surface area contributed by atoms with E-state index in [1.54, 1.807) is 0 Å². The molecule has 0 aliphatic rings. The van der Waals surface area contributed by atoms with Crippen LogP contribution in [0.3, 0.4) is 0 Å². The molecule has 0 aliphatic heterocycles. The van der Waals surface area contributed by atoms with Gasteiger partial charge < -0.3 is 10.3 Å². The number of halogens is 2. The molecule has 2 aromatic rings. The quantitative estimate of drug-likeness (QED) is 0.866. The van der Waals surface area contributed by atoms with Crippen molar-refractivity contribution < 1.29 is 8.91 Å². The van der Waals surface area contributed by atoms with Gasteiger partial charge in [0.1, 0.15) is 5.82 Å². The number of aromatic nitrogens is 1. The van der Waals surface area contributed by atoms with Crippen LogP contribution in [0.4, 0.5) is 10.3 Å². The number of nitrogen functional groups attached to an aromatic ring is 1. The predicted molar refractivity (Wildman–Crippen MR) is 58.7 cm³/mol. The largest absolute Gasteiger partial charge is 0.367 e. The van der Waals surface area contributed by atoms with Crippen molar-refractivity contribution in [3.8, 4) is 11.1 Å². The van der Waals surface area contributed by atoms with Crippen LogP contribution in [0.5, 0.6) is 0 Å². The summed E-state index contributed by atoms with van der Waals surface area (Å²) in [6.45, 7) is 1.87. The standard InChI is InChI=1S/C10H8BrFN2O/c1-5-7(2-6(12)3-9(5)11)8-4-14-15-10(8)13/h2-4H,13H2,1H3. The van der Waals surface area contributed by atoms with Crippen molar-refractivity contribution in [1.29, 1.82) is 0 Å². The molecule has 1 aromatic heterocycles. The van der Waals surface area contributed by atoms with Gasteiger partial charge in [0.2, 0.25) is 5.88 Å². The first kappa shape index (κ1) is 10.2. The second-order valence-electron chi connectivity index (χ2n) is 3.16. The van der Waals surface area contributed by atoms with Gasteiger partial charge in [-0.05, 0) is 30.2 Å². The van der Waals surface area contributed by atoms with E-state index in [9.17, 15) is 4.39 Å². The molecule has 3 nitrogen and oxygen atoms in total. The normalized spacial score (nSPS) is 10.6. The highest BCUT2D eigenvalue weighted by Gasteiger charge is 2.12. The molecule has 5 heteroatoms. The minimum atomic E-state index is -0.330. The zero-order chi connectivity index (χ0) is 11.0. The van der Waals surface area contributed by atoms with Crippen LogP contribution in [0, 0.1) is 12.7 Å². The molecule has 2 N–H and O–H groups in total. The maximum atomic E-state index is 13.2. The van der Waals surface area contributed by atoms with Crippen molar-refractivity contribution in [2.75, 3.05) is 5.73 Å². The fourth-order valence-electron chi connectivity index (χ4n) is 1.38. The summed E-state index contributed by atoms with van der Waals surface area (Å²) in [4.78, 5) is 0. The fraction of sp³-hybridized carbons (Fsp3) is 0.100. The average molecular weight is 271 g/mol. The van der Waals surface area contributed by atoms with Crippen LogP contribution in [0.25, 0.3) is 11.1 Å². The van der Waals surface area contributed by atoms with Gasteiger partial charge in [0.15, 0.2) is 0 Å². The molecule has 0 atom stereocenters. The van der Waals surface area contributed by atoms with Gasteiger partial charge in [-0.3, -0.25) is 0 Å². The summed E-state index contributed by atoms with van der Waals surface area (Å²) in [6.07, 6.45) is 1.48. The van der Waals surface area contributed by atoms with E-state index in [1.165, 1.54) is 18.3 Å². The third-order valence-corrected chi connectivity index (χ3v) is 3.02. The van der Waals surface area contributed by atoms with Crippen LogP contribution in [-0.4, -0.2) is 5.16 Å². The molecular weight excluding hydrogens is 263 g/mol. The van der Waals surface area contributed by atoms with Crippen LogP contribution in [0.2, 0.25) is 0 Å². The van der Waals surface area contributed by atoms with E-state index in [0.29, 0.717) is 15.6 Å². The third kappa shape index (κ3) is 1.74. The first-order valence-corrected chi connectivity index (χ1v) is 5.05. The van der Waals surface area contributed by atoms with Crippen molar-refractivity contribution >= 4 is 21.8 Å². The molecule has 15 heavy (non-hydrogen) atoms. The van der Waals surface area contributed by atoms with Gasteiger partial charge in [-0.15, -0.1) is 0 Å². The van der Waals surface area contributed by atoms with Crippen molar-refractivity contribution in [1.82, 2.24) is 5.16 Å². The van der Waals surface area contributed by atoms with Crippen LogP contribution in [-0.2, 0) is 0 Å². The van der Waals surface area contributed by atoms with Gasteiger partial charge in [-0.25, -0.2) is 4.39 Å². The molecule has 1 heterocycles. The lowest BCUT2D eigenvalue weighted by atomic mass is 10.0. The number of rotatable bonds is 1. The second kappa shape index (κ2) is 3.66. The second-order valence-corrected chi connectivity index (χ2v) is 4.02. The Morgan fingerprint density at radius 2 is 2.13 bits per heavy atom. The van der Waals surface area contributed by atoms with Crippen LogP contribution in [0.15, 0.2) is 27.3 Å². The zero-order valence-electron chi connectivity index (χ0n) is 7.92. The van der Waals surface area contributed by atoms with Gasteiger partial charge in [-0.1, -0.05) is 21.1 Å². The lowest BCUT2D eigenvalue weighted by Crippen LogP contribution is -1.90. The minimum Gasteiger partial charge on any atom is -0.367 e. The molecule has 0 bridgehead atoms. The molecule has 0 fully saturated rings. The number of benzene rings is 1. The number of hydrogen-bond donors (Lipinski definition) is 1. The summed E-state index contributed by atoms with van der Waals surface area (Å²) in [5, 5.41) is 3.56. The summed E-state index contributed by atoms with van der Waals surface area (Å²) in [7, 11) is 0. The van der Waals surface area contributed by atoms with Gasteiger partial charge in [0.25, 0.3) is 0 Å². The Hall–Kier alpha value is -1.36. The summed E-state index contributed by atoms with van der Waals surface area (Å²) in [5.74, 6) is -0.140. The summed E-state index contributed by atoms with van der Waals surface area (Å²) in [5.41, 5.74) is 7.75. The topological polar surface area (TPSA) is 52.0 Å². The number of anilines is 1. The maximum absolute atomic E-state index is 13.2. The van der Waals surface area contributed by atoms with Crippen LogP contribution >= 0.6 is 15.9 Å². The minimum absolute atomic E-state index is 0.190. The van der Waals surface area contributed by atoms with E-state index >= 15 is 0 Å². The summed E-state index contributed by atoms with van der Waals surface area (Å²) < 4.78 is 18.6. The molecule has 0 aliphatic carbocycles. The molecule has 78 valence electrons. The van der Waals surface area contributed by atoms with E-state index in [4.69, 9.17) is 10.3 Å². The average Bonchev–Trinajstić information content (AvgIpc) is 2.58. The number of hydrogen-bond acceptors (Lipinski definition) is 3. The molecule has 0 amide bonds. The van der Waals surface area contributed by atoms with Crippen molar-refractivity contribution in [3.05, 3.63) is 34.2 Å². The first-order valence-electron chi connectivity index (χ1n) is 4.25. The Morgan fingerprint density at radius 3 is 2.73 bits per heavy atom. The van der Waals surface area contributed by atoms with Crippen molar-refractivity contribution in [2.45, 2.75) is 6.92 Å². The van der Waals surface area contributed by atoms with Crippen LogP contribution in [0.1, 0.15) is 5.56 Å². The van der Waals surface area contributed by atoms with Gasteiger partial charge in [-0.2, -0.15) is 0 Å². The third-order valence-electron chi connectivity index (χ3n) is 2.20. The highest BCUT2D eigenvalue weighted by molar-refractivity contribution is 9.10. The molecule has 0 saturated carbocycles. The Balaban J connectivity index is 2.68. The Morgan fingerprint density at radius 1 is 1.40 bits per heavy atom.